The Kier molecular flexibility index (Phi) is 3.17. The van der Waals surface area contributed by atoms with Crippen LogP contribution in [0.15, 0.2) is 29.0 Å². The molecule has 1 atom stereocenters. The molecule has 24 heavy (non-hydrogen) atoms. The lowest BCUT2D eigenvalue weighted by Gasteiger charge is -2.10. The van der Waals surface area contributed by atoms with Gasteiger partial charge in [-0.05, 0) is 25.1 Å². The number of ketones is 1. The summed E-state index contributed by atoms with van der Waals surface area (Å²) >= 11 is 0. The van der Waals surface area contributed by atoms with Gasteiger partial charge in [-0.15, -0.1) is 0 Å². The quantitative estimate of drug-likeness (QED) is 0.733. The molecule has 0 spiro atoms. The van der Waals surface area contributed by atoms with Crippen molar-refractivity contribution in [2.24, 2.45) is 5.73 Å². The van der Waals surface area contributed by atoms with E-state index >= 15 is 0 Å². The fourth-order valence-corrected chi connectivity index (χ4v) is 2.69. The highest BCUT2D eigenvalue weighted by molar-refractivity contribution is 6.05. The van der Waals surface area contributed by atoms with Crippen LogP contribution in [0.5, 0.6) is 0 Å². The van der Waals surface area contributed by atoms with E-state index in [1.165, 1.54) is 18.5 Å². The standard InChI is InChI=1S/C15H13FN6O2/c1-7-13(23)9-4-8(16)2-3-10(9)22-6-18-12(15(22)19-7)14-20-11(5-17)24-21-14/h2-4,6-7,19H,5,17H2,1H3. The number of rotatable bonds is 2. The van der Waals surface area contributed by atoms with Crippen LogP contribution in [0.1, 0.15) is 23.2 Å². The molecule has 1 aromatic carbocycles. The number of nitrogens with zero attached hydrogens (tertiary/aromatic N) is 4. The van der Waals surface area contributed by atoms with Crippen LogP contribution in [0.2, 0.25) is 0 Å². The molecule has 4 rings (SSSR count). The third kappa shape index (κ3) is 2.09. The summed E-state index contributed by atoms with van der Waals surface area (Å²) in [6, 6.07) is 3.50. The number of anilines is 1. The molecule has 0 fully saturated rings. The van der Waals surface area contributed by atoms with Crippen molar-refractivity contribution in [2.75, 3.05) is 5.32 Å². The zero-order valence-corrected chi connectivity index (χ0v) is 12.7. The van der Waals surface area contributed by atoms with E-state index in [2.05, 4.69) is 20.4 Å². The molecule has 9 heteroatoms. The molecule has 0 radical (unpaired) electrons. The Hall–Kier alpha value is -3.07. The number of fused-ring (bicyclic) bond motifs is 3. The number of halogens is 1. The van der Waals surface area contributed by atoms with Crippen LogP contribution >= 0.6 is 0 Å². The fourth-order valence-electron chi connectivity index (χ4n) is 2.69. The van der Waals surface area contributed by atoms with E-state index in [0.717, 1.165) is 0 Å². The second-order valence-electron chi connectivity index (χ2n) is 5.42. The maximum Gasteiger partial charge on any atom is 0.240 e. The summed E-state index contributed by atoms with van der Waals surface area (Å²) in [4.78, 5) is 21.0. The number of carbonyl (C=O) groups is 1. The smallest absolute Gasteiger partial charge is 0.240 e. The number of nitrogens with two attached hydrogens (primary N) is 1. The molecular formula is C15H13FN6O2. The van der Waals surface area contributed by atoms with Crippen molar-refractivity contribution >= 4 is 11.6 Å². The molecule has 122 valence electrons. The monoisotopic (exact) mass is 328 g/mol. The maximum atomic E-state index is 13.6. The van der Waals surface area contributed by atoms with Crippen molar-refractivity contribution in [3.05, 3.63) is 41.8 Å². The number of aromatic nitrogens is 4. The van der Waals surface area contributed by atoms with Crippen molar-refractivity contribution in [1.29, 1.82) is 0 Å². The van der Waals surface area contributed by atoms with Gasteiger partial charge < -0.3 is 15.6 Å². The van der Waals surface area contributed by atoms with Gasteiger partial charge in [-0.3, -0.25) is 9.36 Å². The molecule has 0 aliphatic carbocycles. The third-order valence-corrected chi connectivity index (χ3v) is 3.85. The lowest BCUT2D eigenvalue weighted by atomic mass is 10.0. The molecule has 8 nitrogen and oxygen atoms in total. The molecule has 1 aliphatic rings. The molecular weight excluding hydrogens is 315 g/mol. The summed E-state index contributed by atoms with van der Waals surface area (Å²) in [5.74, 6) is 0.401. The Morgan fingerprint density at radius 2 is 2.29 bits per heavy atom. The first-order valence-corrected chi connectivity index (χ1v) is 7.29. The van der Waals surface area contributed by atoms with E-state index in [-0.39, 0.29) is 29.6 Å². The number of imidazole rings is 1. The topological polar surface area (TPSA) is 112 Å². The molecule has 2 aromatic heterocycles. The first-order chi connectivity index (χ1) is 11.6. The minimum absolute atomic E-state index is 0.119. The number of hydrogen-bond donors (Lipinski definition) is 2. The zero-order chi connectivity index (χ0) is 16.8. The maximum absolute atomic E-state index is 13.6. The highest BCUT2D eigenvalue weighted by Crippen LogP contribution is 2.32. The van der Waals surface area contributed by atoms with Gasteiger partial charge in [0, 0.05) is 5.56 Å². The first kappa shape index (κ1) is 14.5. The highest BCUT2D eigenvalue weighted by atomic mass is 19.1. The molecule has 0 saturated carbocycles. The molecule has 0 bridgehead atoms. The molecule has 3 aromatic rings. The van der Waals surface area contributed by atoms with Gasteiger partial charge in [-0.1, -0.05) is 5.16 Å². The number of carbonyl (C=O) groups excluding carboxylic acids is 1. The van der Waals surface area contributed by atoms with E-state index in [4.69, 9.17) is 10.3 Å². The number of Topliss-reactive ketones (excluding diaryl/α,β-unsaturated/α-hetero) is 1. The SMILES string of the molecule is CC1Nc2c(-c3noc(CN)n3)ncn2-c2ccc(F)cc2C1=O. The summed E-state index contributed by atoms with van der Waals surface area (Å²) in [6.45, 7) is 1.82. The van der Waals surface area contributed by atoms with Crippen LogP contribution in [0.4, 0.5) is 10.2 Å². The van der Waals surface area contributed by atoms with Crippen LogP contribution in [0.25, 0.3) is 17.2 Å². The van der Waals surface area contributed by atoms with Crippen molar-refractivity contribution in [3.63, 3.8) is 0 Å². The largest absolute Gasteiger partial charge is 0.359 e. The Morgan fingerprint density at radius 3 is 3.04 bits per heavy atom. The molecule has 3 N–H and O–H groups in total. The van der Waals surface area contributed by atoms with Crippen LogP contribution < -0.4 is 11.1 Å². The molecule has 0 amide bonds. The van der Waals surface area contributed by atoms with Crippen molar-refractivity contribution < 1.29 is 13.7 Å². The fraction of sp³-hybridized carbons (Fsp3) is 0.200. The van der Waals surface area contributed by atoms with Gasteiger partial charge in [-0.25, -0.2) is 9.37 Å². The Morgan fingerprint density at radius 1 is 1.46 bits per heavy atom. The molecule has 0 saturated heterocycles. The van der Waals surface area contributed by atoms with Crippen molar-refractivity contribution in [1.82, 2.24) is 19.7 Å². The predicted molar refractivity (Wildman–Crippen MR) is 82.1 cm³/mol. The lowest BCUT2D eigenvalue weighted by molar-refractivity contribution is 0.0976. The average Bonchev–Trinajstić information content (AvgIpc) is 3.18. The number of hydrogen-bond acceptors (Lipinski definition) is 7. The lowest BCUT2D eigenvalue weighted by Crippen LogP contribution is -2.25. The normalized spacial score (nSPS) is 16.3. The molecule has 3 heterocycles. The summed E-state index contributed by atoms with van der Waals surface area (Å²) in [7, 11) is 0. The van der Waals surface area contributed by atoms with E-state index in [9.17, 15) is 9.18 Å². The Balaban J connectivity index is 1.92. The molecule has 1 unspecified atom stereocenters. The minimum atomic E-state index is -0.567. The van der Waals surface area contributed by atoms with E-state index in [1.54, 1.807) is 17.6 Å². The molecule has 1 aliphatic heterocycles. The predicted octanol–water partition coefficient (Wildman–Crippen LogP) is 1.52. The van der Waals surface area contributed by atoms with Crippen molar-refractivity contribution in [2.45, 2.75) is 19.5 Å². The Bertz CT molecular complexity index is 947. The minimum Gasteiger partial charge on any atom is -0.359 e. The van der Waals surface area contributed by atoms with Crippen LogP contribution in [0.3, 0.4) is 0 Å². The van der Waals surface area contributed by atoms with Gasteiger partial charge >= 0.3 is 0 Å². The second-order valence-corrected chi connectivity index (χ2v) is 5.42. The highest BCUT2D eigenvalue weighted by Gasteiger charge is 2.29. The Labute approximate surface area is 135 Å². The van der Waals surface area contributed by atoms with Crippen molar-refractivity contribution in [3.8, 4) is 17.2 Å². The van der Waals surface area contributed by atoms with Crippen LogP contribution in [-0.4, -0.2) is 31.5 Å². The van der Waals surface area contributed by atoms with Gasteiger partial charge in [0.25, 0.3) is 0 Å². The van der Waals surface area contributed by atoms with E-state index in [1.807, 2.05) is 0 Å². The van der Waals surface area contributed by atoms with Gasteiger partial charge in [0.2, 0.25) is 11.7 Å². The van der Waals surface area contributed by atoms with Crippen LogP contribution in [-0.2, 0) is 6.54 Å². The third-order valence-electron chi connectivity index (χ3n) is 3.85. The first-order valence-electron chi connectivity index (χ1n) is 7.29. The van der Waals surface area contributed by atoms with E-state index in [0.29, 0.717) is 17.2 Å². The van der Waals surface area contributed by atoms with E-state index < -0.39 is 11.9 Å². The van der Waals surface area contributed by atoms with Crippen LogP contribution in [0, 0.1) is 5.82 Å². The summed E-state index contributed by atoms with van der Waals surface area (Å²) < 4.78 is 20.3. The summed E-state index contributed by atoms with van der Waals surface area (Å²) in [6.07, 6.45) is 1.53. The van der Waals surface area contributed by atoms with Gasteiger partial charge in [0.1, 0.15) is 18.0 Å². The van der Waals surface area contributed by atoms with Gasteiger partial charge in [0.15, 0.2) is 11.5 Å². The summed E-state index contributed by atoms with van der Waals surface area (Å²) in [5.41, 5.74) is 6.73. The van der Waals surface area contributed by atoms with Gasteiger partial charge in [-0.2, -0.15) is 4.98 Å². The average molecular weight is 328 g/mol. The summed E-state index contributed by atoms with van der Waals surface area (Å²) in [5, 5.41) is 6.94. The second kappa shape index (κ2) is 5.24. The zero-order valence-electron chi connectivity index (χ0n) is 12.7. The number of nitrogens with one attached hydrogen (secondary N) is 1. The van der Waals surface area contributed by atoms with Gasteiger partial charge in [0.05, 0.1) is 18.3 Å². The number of benzene rings is 1.